The highest BCUT2D eigenvalue weighted by Gasteiger charge is 2.41. The van der Waals surface area contributed by atoms with Gasteiger partial charge in [-0.3, -0.25) is 9.59 Å². The van der Waals surface area contributed by atoms with Crippen LogP contribution >= 0.6 is 0 Å². The number of fused-ring (bicyclic) bond motifs is 1. The van der Waals surface area contributed by atoms with Crippen molar-refractivity contribution in [2.75, 3.05) is 26.7 Å². The summed E-state index contributed by atoms with van der Waals surface area (Å²) in [5, 5.41) is 11.4. The Balaban J connectivity index is 1.20. The van der Waals surface area contributed by atoms with Gasteiger partial charge in [-0.2, -0.15) is 0 Å². The Hall–Kier alpha value is -2.97. The third-order valence-electron chi connectivity index (χ3n) is 7.39. The van der Waals surface area contributed by atoms with Gasteiger partial charge in [0.25, 0.3) is 5.91 Å². The number of aromatic nitrogens is 3. The summed E-state index contributed by atoms with van der Waals surface area (Å²) in [5.74, 6) is 1.45. The lowest BCUT2D eigenvalue weighted by Crippen LogP contribution is -2.33. The smallest absolute Gasteiger partial charge is 0.289 e. The van der Waals surface area contributed by atoms with E-state index < -0.39 is 5.82 Å². The highest BCUT2D eigenvalue weighted by molar-refractivity contribution is 5.90. The molecule has 1 aromatic carbocycles. The third kappa shape index (κ3) is 4.58. The lowest BCUT2D eigenvalue weighted by atomic mass is 9.80. The van der Waals surface area contributed by atoms with Gasteiger partial charge in [0.1, 0.15) is 5.82 Å². The van der Waals surface area contributed by atoms with Gasteiger partial charge in [0.05, 0.1) is 13.5 Å². The SMILES string of the molecule is COc1ccc(CC(=O)N2CCC3(CCc4nnc(C(=O)NCC5CC5)n4CC3)C2)cc1F. The van der Waals surface area contributed by atoms with Gasteiger partial charge in [-0.05, 0) is 61.1 Å². The number of halogens is 1. The Bertz CT molecular complexity index is 1070. The average Bonchev–Trinajstić information content (AvgIpc) is 3.44. The molecule has 5 rings (SSSR count). The maximum atomic E-state index is 14.0. The number of nitrogens with one attached hydrogen (secondary N) is 1. The fourth-order valence-electron chi connectivity index (χ4n) is 5.07. The maximum Gasteiger partial charge on any atom is 0.289 e. The Morgan fingerprint density at radius 3 is 2.79 bits per heavy atom. The highest BCUT2D eigenvalue weighted by Crippen LogP contribution is 2.41. The number of carbonyl (C=O) groups excluding carboxylic acids is 2. The number of hydrogen-bond donors (Lipinski definition) is 1. The molecule has 9 heteroatoms. The van der Waals surface area contributed by atoms with Crippen molar-refractivity contribution in [3.63, 3.8) is 0 Å². The quantitative estimate of drug-likeness (QED) is 0.722. The van der Waals surface area contributed by atoms with Crippen molar-refractivity contribution in [2.24, 2.45) is 11.3 Å². The zero-order valence-electron chi connectivity index (χ0n) is 19.0. The summed E-state index contributed by atoms with van der Waals surface area (Å²) >= 11 is 0. The molecule has 1 unspecified atom stereocenters. The number of amides is 2. The average molecular weight is 456 g/mol. The number of benzene rings is 1. The summed E-state index contributed by atoms with van der Waals surface area (Å²) in [5.41, 5.74) is 0.664. The van der Waals surface area contributed by atoms with Crippen LogP contribution in [-0.4, -0.2) is 58.2 Å². The van der Waals surface area contributed by atoms with Gasteiger partial charge in [0, 0.05) is 32.6 Å². The molecule has 1 saturated heterocycles. The Labute approximate surface area is 192 Å². The molecular formula is C24H30FN5O3. The van der Waals surface area contributed by atoms with E-state index in [9.17, 15) is 14.0 Å². The largest absolute Gasteiger partial charge is 0.494 e. The molecule has 1 N–H and O–H groups in total. The van der Waals surface area contributed by atoms with Crippen LogP contribution in [-0.2, 0) is 24.2 Å². The van der Waals surface area contributed by atoms with Crippen LogP contribution in [0.5, 0.6) is 5.75 Å². The molecule has 1 spiro atoms. The molecule has 0 radical (unpaired) electrons. The summed E-state index contributed by atoms with van der Waals surface area (Å²) in [4.78, 5) is 27.4. The number of carbonyl (C=O) groups is 2. The van der Waals surface area contributed by atoms with Gasteiger partial charge in [0.2, 0.25) is 11.7 Å². The lowest BCUT2D eigenvalue weighted by Gasteiger charge is -2.27. The molecule has 8 nitrogen and oxygen atoms in total. The fourth-order valence-corrected chi connectivity index (χ4v) is 5.07. The van der Waals surface area contributed by atoms with E-state index in [2.05, 4.69) is 15.5 Å². The summed E-state index contributed by atoms with van der Waals surface area (Å²) in [6, 6.07) is 4.66. The number of rotatable bonds is 6. The van der Waals surface area contributed by atoms with Crippen LogP contribution in [0.3, 0.4) is 0 Å². The molecule has 0 bridgehead atoms. The summed E-state index contributed by atoms with van der Waals surface area (Å²) in [7, 11) is 1.42. The van der Waals surface area contributed by atoms with E-state index in [0.29, 0.717) is 43.5 Å². The molecule has 2 fully saturated rings. The minimum atomic E-state index is -0.454. The van der Waals surface area contributed by atoms with E-state index in [1.807, 2.05) is 9.47 Å². The van der Waals surface area contributed by atoms with Gasteiger partial charge in [-0.1, -0.05) is 6.07 Å². The van der Waals surface area contributed by atoms with Crippen LogP contribution in [0.25, 0.3) is 0 Å². The monoisotopic (exact) mass is 455 g/mol. The van der Waals surface area contributed by atoms with Crippen molar-refractivity contribution in [3.05, 3.63) is 41.2 Å². The molecule has 2 aliphatic heterocycles. The first-order chi connectivity index (χ1) is 16.0. The second-order valence-corrected chi connectivity index (χ2v) is 9.71. The summed E-state index contributed by atoms with van der Waals surface area (Å²) in [6.45, 7) is 2.78. The molecule has 2 aromatic rings. The summed E-state index contributed by atoms with van der Waals surface area (Å²) < 4.78 is 20.9. The zero-order valence-corrected chi connectivity index (χ0v) is 19.0. The second-order valence-electron chi connectivity index (χ2n) is 9.71. The molecule has 1 aromatic heterocycles. The molecule has 1 saturated carbocycles. The van der Waals surface area contributed by atoms with Gasteiger partial charge in [-0.25, -0.2) is 4.39 Å². The number of likely N-dealkylation sites (tertiary alicyclic amines) is 1. The zero-order chi connectivity index (χ0) is 23.0. The fraction of sp³-hybridized carbons (Fsp3) is 0.583. The molecule has 33 heavy (non-hydrogen) atoms. The predicted octanol–water partition coefficient (Wildman–Crippen LogP) is 2.36. The van der Waals surface area contributed by atoms with E-state index in [-0.39, 0.29) is 29.4 Å². The normalized spacial score (nSPS) is 22.2. The van der Waals surface area contributed by atoms with E-state index in [0.717, 1.165) is 31.5 Å². The van der Waals surface area contributed by atoms with Crippen LogP contribution in [0.15, 0.2) is 18.2 Å². The summed E-state index contributed by atoms with van der Waals surface area (Å²) in [6.07, 6.45) is 6.00. The number of methoxy groups -OCH3 is 1. The first-order valence-electron chi connectivity index (χ1n) is 11.8. The van der Waals surface area contributed by atoms with Crippen LogP contribution in [0.4, 0.5) is 4.39 Å². The van der Waals surface area contributed by atoms with Crippen LogP contribution in [0.1, 0.15) is 54.1 Å². The molecule has 2 amide bonds. The number of hydrogen-bond acceptors (Lipinski definition) is 5. The first-order valence-corrected chi connectivity index (χ1v) is 11.8. The standard InChI is InChI=1S/C24H30FN5O3/c1-33-19-5-4-17(12-18(19)25)13-21(31)29-10-8-24(15-29)7-6-20-27-28-22(30(20)11-9-24)23(32)26-14-16-2-3-16/h4-5,12,16H,2-3,6-11,13-15H2,1H3,(H,26,32). The Kier molecular flexibility index (Phi) is 5.80. The minimum absolute atomic E-state index is 0.0141. The van der Waals surface area contributed by atoms with Crippen molar-refractivity contribution in [1.82, 2.24) is 25.0 Å². The topological polar surface area (TPSA) is 89.3 Å². The molecule has 176 valence electrons. The number of aryl methyl sites for hydroxylation is 1. The molecule has 3 aliphatic rings. The number of ether oxygens (including phenoxy) is 1. The highest BCUT2D eigenvalue weighted by atomic mass is 19.1. The van der Waals surface area contributed by atoms with E-state index >= 15 is 0 Å². The van der Waals surface area contributed by atoms with Crippen molar-refractivity contribution in [3.8, 4) is 5.75 Å². The lowest BCUT2D eigenvalue weighted by molar-refractivity contribution is -0.129. The predicted molar refractivity (Wildman–Crippen MR) is 118 cm³/mol. The van der Waals surface area contributed by atoms with Gasteiger partial charge < -0.3 is 19.5 Å². The van der Waals surface area contributed by atoms with Crippen molar-refractivity contribution >= 4 is 11.8 Å². The Morgan fingerprint density at radius 1 is 1.21 bits per heavy atom. The van der Waals surface area contributed by atoms with E-state index in [1.165, 1.54) is 26.0 Å². The molecular weight excluding hydrogens is 425 g/mol. The van der Waals surface area contributed by atoms with E-state index in [1.54, 1.807) is 12.1 Å². The van der Waals surface area contributed by atoms with Crippen LogP contribution in [0, 0.1) is 17.2 Å². The second kappa shape index (κ2) is 8.76. The Morgan fingerprint density at radius 2 is 2.03 bits per heavy atom. The van der Waals surface area contributed by atoms with Gasteiger partial charge in [0.15, 0.2) is 11.6 Å². The molecule has 1 aliphatic carbocycles. The molecule has 3 heterocycles. The van der Waals surface area contributed by atoms with Crippen molar-refractivity contribution in [2.45, 2.75) is 51.5 Å². The van der Waals surface area contributed by atoms with Crippen molar-refractivity contribution in [1.29, 1.82) is 0 Å². The minimum Gasteiger partial charge on any atom is -0.494 e. The van der Waals surface area contributed by atoms with Gasteiger partial charge in [-0.15, -0.1) is 10.2 Å². The van der Waals surface area contributed by atoms with E-state index in [4.69, 9.17) is 4.74 Å². The van der Waals surface area contributed by atoms with Gasteiger partial charge >= 0.3 is 0 Å². The maximum absolute atomic E-state index is 14.0. The number of nitrogens with zero attached hydrogens (tertiary/aromatic N) is 4. The first kappa shape index (κ1) is 21.9. The van der Waals surface area contributed by atoms with Crippen molar-refractivity contribution < 1.29 is 18.7 Å². The molecule has 1 atom stereocenters. The van der Waals surface area contributed by atoms with Crippen LogP contribution < -0.4 is 10.1 Å². The third-order valence-corrected chi connectivity index (χ3v) is 7.39. The van der Waals surface area contributed by atoms with Crippen LogP contribution in [0.2, 0.25) is 0 Å².